The molecule has 0 saturated heterocycles. The smallest absolute Gasteiger partial charge is 0.0359 e. The second kappa shape index (κ2) is 6.38. The molecule has 0 aromatic carbocycles. The fourth-order valence-electron chi connectivity index (χ4n) is 4.61. The van der Waals surface area contributed by atoms with E-state index in [1.54, 1.807) is 0 Å². The van der Waals surface area contributed by atoms with Gasteiger partial charge in [0, 0.05) is 11.6 Å². The molecule has 2 heteroatoms. The van der Waals surface area contributed by atoms with Gasteiger partial charge in [0.25, 0.3) is 0 Å². The zero-order valence-corrected chi connectivity index (χ0v) is 12.7. The van der Waals surface area contributed by atoms with Gasteiger partial charge in [0.2, 0.25) is 0 Å². The van der Waals surface area contributed by atoms with E-state index in [1.807, 2.05) is 0 Å². The highest BCUT2D eigenvalue weighted by Crippen LogP contribution is 2.41. The van der Waals surface area contributed by atoms with Crippen LogP contribution in [0.15, 0.2) is 0 Å². The van der Waals surface area contributed by atoms with E-state index < -0.39 is 0 Å². The molecule has 1 atom stereocenters. The number of likely N-dealkylation sites (N-methyl/N-ethyl adjacent to an activating group) is 2. The lowest BCUT2D eigenvalue weighted by Crippen LogP contribution is -2.59. The minimum Gasteiger partial charge on any atom is -0.315 e. The first-order chi connectivity index (χ1) is 8.70. The summed E-state index contributed by atoms with van der Waals surface area (Å²) < 4.78 is 0. The average molecular weight is 252 g/mol. The third kappa shape index (κ3) is 2.75. The van der Waals surface area contributed by atoms with Crippen molar-refractivity contribution in [1.29, 1.82) is 0 Å². The molecule has 1 unspecified atom stereocenters. The lowest BCUT2D eigenvalue weighted by Gasteiger charge is -2.46. The molecule has 2 aliphatic carbocycles. The molecule has 106 valence electrons. The lowest BCUT2D eigenvalue weighted by molar-refractivity contribution is 0.0724. The summed E-state index contributed by atoms with van der Waals surface area (Å²) in [4.78, 5) is 2.53. The van der Waals surface area contributed by atoms with Crippen molar-refractivity contribution in [2.75, 3.05) is 21.1 Å². The van der Waals surface area contributed by atoms with Gasteiger partial charge in [-0.15, -0.1) is 0 Å². The SMILES string of the molecule is CNC(C1CCCCCC1)C1(N(C)C)CCCC1. The Balaban J connectivity index is 2.14. The molecular formula is C16H32N2. The highest BCUT2D eigenvalue weighted by molar-refractivity contribution is 5.04. The predicted octanol–water partition coefficient (Wildman–Crippen LogP) is 3.42. The van der Waals surface area contributed by atoms with Crippen molar-refractivity contribution in [3.8, 4) is 0 Å². The van der Waals surface area contributed by atoms with Gasteiger partial charge < -0.3 is 10.2 Å². The largest absolute Gasteiger partial charge is 0.315 e. The fraction of sp³-hybridized carbons (Fsp3) is 1.00. The van der Waals surface area contributed by atoms with E-state index in [1.165, 1.54) is 64.2 Å². The molecule has 0 radical (unpaired) electrons. The molecule has 2 fully saturated rings. The standard InChI is InChI=1S/C16H32N2/c1-17-15(14-10-6-4-5-7-11-14)16(18(2)3)12-8-9-13-16/h14-15,17H,4-13H2,1-3H3. The van der Waals surface area contributed by atoms with Crippen molar-refractivity contribution in [3.05, 3.63) is 0 Å². The predicted molar refractivity (Wildman–Crippen MR) is 78.9 cm³/mol. The Labute approximate surface area is 114 Å². The van der Waals surface area contributed by atoms with Crippen molar-refractivity contribution in [1.82, 2.24) is 10.2 Å². The Morgan fingerprint density at radius 1 is 0.944 bits per heavy atom. The molecule has 2 saturated carbocycles. The lowest BCUT2D eigenvalue weighted by atomic mass is 9.76. The van der Waals surface area contributed by atoms with Gasteiger partial charge in [0.1, 0.15) is 0 Å². The van der Waals surface area contributed by atoms with Crippen molar-refractivity contribution in [2.24, 2.45) is 5.92 Å². The first-order valence-electron chi connectivity index (χ1n) is 8.05. The van der Waals surface area contributed by atoms with E-state index in [9.17, 15) is 0 Å². The molecule has 0 spiro atoms. The highest BCUT2D eigenvalue weighted by Gasteiger charge is 2.45. The first-order valence-corrected chi connectivity index (χ1v) is 8.05. The summed E-state index contributed by atoms with van der Waals surface area (Å²) in [6, 6.07) is 0.702. The topological polar surface area (TPSA) is 15.3 Å². The molecule has 2 rings (SSSR count). The normalized spacial score (nSPS) is 27.3. The number of rotatable bonds is 4. The van der Waals surface area contributed by atoms with Gasteiger partial charge in [-0.2, -0.15) is 0 Å². The molecule has 0 aliphatic heterocycles. The van der Waals surface area contributed by atoms with Crippen molar-refractivity contribution in [3.63, 3.8) is 0 Å². The molecular weight excluding hydrogens is 220 g/mol. The van der Waals surface area contributed by atoms with E-state index in [0.717, 1.165) is 5.92 Å². The Morgan fingerprint density at radius 2 is 1.50 bits per heavy atom. The quantitative estimate of drug-likeness (QED) is 0.771. The fourth-order valence-corrected chi connectivity index (χ4v) is 4.61. The van der Waals surface area contributed by atoms with Crippen molar-refractivity contribution < 1.29 is 0 Å². The summed E-state index contributed by atoms with van der Waals surface area (Å²) in [5, 5.41) is 3.72. The molecule has 0 aromatic rings. The first kappa shape index (κ1) is 14.3. The third-order valence-corrected chi connectivity index (χ3v) is 5.62. The van der Waals surface area contributed by atoms with Gasteiger partial charge in [0.05, 0.1) is 0 Å². The maximum absolute atomic E-state index is 3.72. The molecule has 2 nitrogen and oxygen atoms in total. The van der Waals surface area contributed by atoms with Crippen LogP contribution in [0.5, 0.6) is 0 Å². The Bertz CT molecular complexity index is 235. The number of hydrogen-bond acceptors (Lipinski definition) is 2. The van der Waals surface area contributed by atoms with Crippen LogP contribution in [0.1, 0.15) is 64.2 Å². The minimum atomic E-state index is 0.434. The Morgan fingerprint density at radius 3 is 1.94 bits per heavy atom. The molecule has 0 heterocycles. The second-order valence-electron chi connectivity index (χ2n) is 6.72. The van der Waals surface area contributed by atoms with Crippen LogP contribution < -0.4 is 5.32 Å². The minimum absolute atomic E-state index is 0.434. The van der Waals surface area contributed by atoms with Crippen molar-refractivity contribution in [2.45, 2.75) is 75.8 Å². The highest BCUT2D eigenvalue weighted by atomic mass is 15.2. The molecule has 18 heavy (non-hydrogen) atoms. The molecule has 2 aliphatic rings. The summed E-state index contributed by atoms with van der Waals surface area (Å²) in [6.07, 6.45) is 14.3. The van der Waals surface area contributed by atoms with Crippen LogP contribution in [-0.4, -0.2) is 37.6 Å². The second-order valence-corrected chi connectivity index (χ2v) is 6.72. The van der Waals surface area contributed by atoms with Gasteiger partial charge in [-0.1, -0.05) is 38.5 Å². The van der Waals surface area contributed by atoms with E-state index >= 15 is 0 Å². The summed E-state index contributed by atoms with van der Waals surface area (Å²) in [6.45, 7) is 0. The summed E-state index contributed by atoms with van der Waals surface area (Å²) in [7, 11) is 6.79. The van der Waals surface area contributed by atoms with Crippen LogP contribution in [-0.2, 0) is 0 Å². The number of nitrogens with zero attached hydrogens (tertiary/aromatic N) is 1. The van der Waals surface area contributed by atoms with E-state index in [0.29, 0.717) is 11.6 Å². The molecule has 0 amide bonds. The summed E-state index contributed by atoms with van der Waals surface area (Å²) in [5.41, 5.74) is 0.434. The van der Waals surface area contributed by atoms with Gasteiger partial charge in [-0.3, -0.25) is 0 Å². The van der Waals surface area contributed by atoms with Gasteiger partial charge in [-0.25, -0.2) is 0 Å². The maximum atomic E-state index is 3.72. The zero-order valence-electron chi connectivity index (χ0n) is 12.7. The van der Waals surface area contributed by atoms with Crippen LogP contribution in [0.3, 0.4) is 0 Å². The maximum Gasteiger partial charge on any atom is 0.0359 e. The number of nitrogens with one attached hydrogen (secondary N) is 1. The monoisotopic (exact) mass is 252 g/mol. The van der Waals surface area contributed by atoms with Gasteiger partial charge >= 0.3 is 0 Å². The van der Waals surface area contributed by atoms with Crippen molar-refractivity contribution >= 4 is 0 Å². The molecule has 0 bridgehead atoms. The van der Waals surface area contributed by atoms with Gasteiger partial charge in [-0.05, 0) is 52.7 Å². The average Bonchev–Trinajstić information content (AvgIpc) is 2.69. The zero-order chi connectivity index (χ0) is 13.0. The third-order valence-electron chi connectivity index (χ3n) is 5.62. The van der Waals surface area contributed by atoms with Crippen LogP contribution in [0.25, 0.3) is 0 Å². The molecule has 0 aromatic heterocycles. The van der Waals surface area contributed by atoms with Gasteiger partial charge in [0.15, 0.2) is 0 Å². The van der Waals surface area contributed by atoms with E-state index in [2.05, 4.69) is 31.4 Å². The van der Waals surface area contributed by atoms with Crippen LogP contribution >= 0.6 is 0 Å². The van der Waals surface area contributed by atoms with Crippen LogP contribution in [0, 0.1) is 5.92 Å². The van der Waals surface area contributed by atoms with Crippen LogP contribution in [0.4, 0.5) is 0 Å². The molecule has 1 N–H and O–H groups in total. The summed E-state index contributed by atoms with van der Waals surface area (Å²) in [5.74, 6) is 0.901. The van der Waals surface area contributed by atoms with E-state index in [-0.39, 0.29) is 0 Å². The number of hydrogen-bond donors (Lipinski definition) is 1. The Kier molecular flexibility index (Phi) is 5.08. The van der Waals surface area contributed by atoms with Crippen LogP contribution in [0.2, 0.25) is 0 Å². The summed E-state index contributed by atoms with van der Waals surface area (Å²) >= 11 is 0. The Hall–Kier alpha value is -0.0800. The van der Waals surface area contributed by atoms with E-state index in [4.69, 9.17) is 0 Å².